The van der Waals surface area contributed by atoms with Crippen molar-refractivity contribution < 1.29 is 4.74 Å². The fourth-order valence-electron chi connectivity index (χ4n) is 2.03. The smallest absolute Gasteiger partial charge is 0.0641 e. The average molecular weight is 220 g/mol. The Morgan fingerprint density at radius 3 is 2.75 bits per heavy atom. The van der Waals surface area contributed by atoms with Crippen LogP contribution in [-0.2, 0) is 11.3 Å². The highest BCUT2D eigenvalue weighted by molar-refractivity contribution is 5.47. The van der Waals surface area contributed by atoms with Crippen LogP contribution in [0.15, 0.2) is 24.3 Å². The molecule has 1 aliphatic rings. The van der Waals surface area contributed by atoms with Crippen LogP contribution in [0, 0.1) is 0 Å². The first kappa shape index (κ1) is 11.4. The van der Waals surface area contributed by atoms with Crippen LogP contribution in [-0.4, -0.2) is 33.4 Å². The molecule has 0 unspecified atom stereocenters. The van der Waals surface area contributed by atoms with Gasteiger partial charge in [0, 0.05) is 31.9 Å². The first-order valence-electron chi connectivity index (χ1n) is 5.96. The molecule has 3 nitrogen and oxygen atoms in total. The molecule has 1 fully saturated rings. The monoisotopic (exact) mass is 220 g/mol. The van der Waals surface area contributed by atoms with Gasteiger partial charge in [0.2, 0.25) is 0 Å². The third-order valence-corrected chi connectivity index (χ3v) is 2.90. The maximum absolute atomic E-state index is 5.46. The Kier molecular flexibility index (Phi) is 4.19. The minimum atomic E-state index is 0.846. The number of anilines is 1. The molecule has 0 bridgehead atoms. The van der Waals surface area contributed by atoms with Crippen LogP contribution in [0.1, 0.15) is 12.0 Å². The Morgan fingerprint density at radius 2 is 2.00 bits per heavy atom. The fraction of sp³-hybridized carbons (Fsp3) is 0.538. The molecular formula is C13H20N2O. The topological polar surface area (TPSA) is 24.5 Å². The van der Waals surface area contributed by atoms with Crippen molar-refractivity contribution in [2.45, 2.75) is 13.0 Å². The summed E-state index contributed by atoms with van der Waals surface area (Å²) in [6.07, 6.45) is 1.12. The van der Waals surface area contributed by atoms with E-state index in [2.05, 4.69) is 34.5 Å². The van der Waals surface area contributed by atoms with Crippen molar-refractivity contribution in [3.63, 3.8) is 0 Å². The van der Waals surface area contributed by atoms with Crippen molar-refractivity contribution in [1.29, 1.82) is 0 Å². The molecule has 0 atom stereocenters. The summed E-state index contributed by atoms with van der Waals surface area (Å²) in [6.45, 7) is 4.78. The van der Waals surface area contributed by atoms with Crippen LogP contribution in [0.4, 0.5) is 5.69 Å². The molecule has 0 saturated carbocycles. The molecular weight excluding hydrogens is 200 g/mol. The van der Waals surface area contributed by atoms with Gasteiger partial charge >= 0.3 is 0 Å². The zero-order valence-electron chi connectivity index (χ0n) is 9.91. The number of hydrogen-bond acceptors (Lipinski definition) is 3. The Hall–Kier alpha value is -1.06. The second kappa shape index (κ2) is 5.87. The number of nitrogens with zero attached hydrogens (tertiary/aromatic N) is 1. The number of rotatable bonds is 3. The van der Waals surface area contributed by atoms with Gasteiger partial charge in [-0.2, -0.15) is 0 Å². The number of ether oxygens (including phenoxy) is 1. The SMILES string of the molecule is CNCc1ccc(N2CCCOCC2)cc1. The molecule has 0 aliphatic carbocycles. The van der Waals surface area contributed by atoms with Crippen LogP contribution >= 0.6 is 0 Å². The van der Waals surface area contributed by atoms with Crippen molar-refractivity contribution in [1.82, 2.24) is 5.32 Å². The summed E-state index contributed by atoms with van der Waals surface area (Å²) < 4.78 is 5.46. The lowest BCUT2D eigenvalue weighted by atomic mass is 10.2. The fourth-order valence-corrected chi connectivity index (χ4v) is 2.03. The highest BCUT2D eigenvalue weighted by Gasteiger charge is 2.09. The molecule has 1 N–H and O–H groups in total. The maximum Gasteiger partial charge on any atom is 0.0641 e. The Bertz CT molecular complexity index is 302. The molecule has 0 aromatic heterocycles. The molecule has 0 amide bonds. The zero-order valence-corrected chi connectivity index (χ0v) is 9.91. The van der Waals surface area contributed by atoms with E-state index in [1.54, 1.807) is 0 Å². The molecule has 1 heterocycles. The lowest BCUT2D eigenvalue weighted by Gasteiger charge is -2.22. The van der Waals surface area contributed by atoms with E-state index in [0.717, 1.165) is 39.3 Å². The summed E-state index contributed by atoms with van der Waals surface area (Å²) in [5.74, 6) is 0. The predicted molar refractivity (Wildman–Crippen MR) is 66.9 cm³/mol. The molecule has 1 aromatic carbocycles. The van der Waals surface area contributed by atoms with Gasteiger partial charge in [-0.3, -0.25) is 0 Å². The van der Waals surface area contributed by atoms with E-state index in [9.17, 15) is 0 Å². The minimum Gasteiger partial charge on any atom is -0.380 e. The average Bonchev–Trinajstić information content (AvgIpc) is 2.59. The second-order valence-corrected chi connectivity index (χ2v) is 4.15. The number of benzene rings is 1. The number of nitrogens with one attached hydrogen (secondary N) is 1. The molecule has 16 heavy (non-hydrogen) atoms. The molecule has 3 heteroatoms. The maximum atomic E-state index is 5.46. The van der Waals surface area contributed by atoms with Gasteiger partial charge in [-0.1, -0.05) is 12.1 Å². The Balaban J connectivity index is 2.01. The predicted octanol–water partition coefficient (Wildman–Crippen LogP) is 1.63. The highest BCUT2D eigenvalue weighted by atomic mass is 16.5. The van der Waals surface area contributed by atoms with Crippen LogP contribution in [0.5, 0.6) is 0 Å². The van der Waals surface area contributed by atoms with E-state index in [0.29, 0.717) is 0 Å². The van der Waals surface area contributed by atoms with Gasteiger partial charge in [-0.05, 0) is 31.2 Å². The van der Waals surface area contributed by atoms with Gasteiger partial charge < -0.3 is 15.0 Å². The van der Waals surface area contributed by atoms with Crippen molar-refractivity contribution in [3.8, 4) is 0 Å². The van der Waals surface area contributed by atoms with Crippen molar-refractivity contribution >= 4 is 5.69 Å². The summed E-state index contributed by atoms with van der Waals surface area (Å²) in [5, 5.41) is 3.16. The summed E-state index contributed by atoms with van der Waals surface area (Å²) in [6, 6.07) is 8.80. The van der Waals surface area contributed by atoms with Gasteiger partial charge in [0.15, 0.2) is 0 Å². The van der Waals surface area contributed by atoms with Crippen molar-refractivity contribution in [3.05, 3.63) is 29.8 Å². The van der Waals surface area contributed by atoms with Gasteiger partial charge in [-0.25, -0.2) is 0 Å². The van der Waals surface area contributed by atoms with E-state index < -0.39 is 0 Å². The normalized spacial score (nSPS) is 17.2. The molecule has 2 rings (SSSR count). The van der Waals surface area contributed by atoms with E-state index in [1.807, 2.05) is 7.05 Å². The van der Waals surface area contributed by atoms with Crippen molar-refractivity contribution in [2.24, 2.45) is 0 Å². The zero-order chi connectivity index (χ0) is 11.2. The molecule has 88 valence electrons. The first-order valence-corrected chi connectivity index (χ1v) is 5.96. The molecule has 0 radical (unpaired) electrons. The van der Waals surface area contributed by atoms with Gasteiger partial charge in [0.25, 0.3) is 0 Å². The van der Waals surface area contributed by atoms with Crippen molar-refractivity contribution in [2.75, 3.05) is 38.3 Å². The Morgan fingerprint density at radius 1 is 1.19 bits per heavy atom. The Labute approximate surface area is 97.4 Å². The summed E-state index contributed by atoms with van der Waals surface area (Å²) >= 11 is 0. The summed E-state index contributed by atoms with van der Waals surface area (Å²) in [4.78, 5) is 2.40. The summed E-state index contributed by atoms with van der Waals surface area (Å²) in [5.41, 5.74) is 2.64. The van der Waals surface area contributed by atoms with E-state index in [-0.39, 0.29) is 0 Å². The van der Waals surface area contributed by atoms with E-state index >= 15 is 0 Å². The van der Waals surface area contributed by atoms with Gasteiger partial charge in [0.05, 0.1) is 6.61 Å². The van der Waals surface area contributed by atoms with Crippen LogP contribution in [0.25, 0.3) is 0 Å². The molecule has 1 aliphatic heterocycles. The molecule has 0 spiro atoms. The second-order valence-electron chi connectivity index (χ2n) is 4.15. The van der Waals surface area contributed by atoms with Crippen LogP contribution < -0.4 is 10.2 Å². The van der Waals surface area contributed by atoms with E-state index in [4.69, 9.17) is 4.74 Å². The van der Waals surface area contributed by atoms with Gasteiger partial charge in [-0.15, -0.1) is 0 Å². The lowest BCUT2D eigenvalue weighted by molar-refractivity contribution is 0.152. The minimum absolute atomic E-state index is 0.846. The highest BCUT2D eigenvalue weighted by Crippen LogP contribution is 2.16. The number of hydrogen-bond donors (Lipinski definition) is 1. The first-order chi connectivity index (χ1) is 7.90. The van der Waals surface area contributed by atoms with Crippen LogP contribution in [0.2, 0.25) is 0 Å². The van der Waals surface area contributed by atoms with Crippen LogP contribution in [0.3, 0.4) is 0 Å². The standard InChI is InChI=1S/C13H20N2O/c1-14-11-12-3-5-13(6-4-12)15-7-2-9-16-10-8-15/h3-6,14H,2,7-11H2,1H3. The quantitative estimate of drug-likeness (QED) is 0.838. The van der Waals surface area contributed by atoms with E-state index in [1.165, 1.54) is 11.3 Å². The third-order valence-electron chi connectivity index (χ3n) is 2.90. The van der Waals surface area contributed by atoms with Gasteiger partial charge in [0.1, 0.15) is 0 Å². The molecule has 1 saturated heterocycles. The lowest BCUT2D eigenvalue weighted by Crippen LogP contribution is -2.25. The molecule has 1 aromatic rings. The largest absolute Gasteiger partial charge is 0.380 e. The third kappa shape index (κ3) is 2.97. The summed E-state index contributed by atoms with van der Waals surface area (Å²) in [7, 11) is 1.97.